The third kappa shape index (κ3) is 3.96. The smallest absolute Gasteiger partial charge is 0.157 e. The van der Waals surface area contributed by atoms with Gasteiger partial charge in [-0.05, 0) is 25.3 Å². The lowest BCUT2D eigenvalue weighted by molar-refractivity contribution is 0.527. The van der Waals surface area contributed by atoms with Gasteiger partial charge in [0.15, 0.2) is 5.17 Å². The normalized spacial score (nSPS) is 20.5. The Morgan fingerprint density at radius 3 is 2.79 bits per heavy atom. The first kappa shape index (κ1) is 14.4. The zero-order valence-corrected chi connectivity index (χ0v) is 12.5. The Balaban J connectivity index is 1.97. The molecule has 1 aromatic rings. The molecule has 0 aromatic heterocycles. The van der Waals surface area contributed by atoms with Crippen LogP contribution in [0.3, 0.4) is 0 Å². The van der Waals surface area contributed by atoms with Gasteiger partial charge >= 0.3 is 0 Å². The maximum absolute atomic E-state index is 13.7. The molecule has 1 aliphatic heterocycles. The van der Waals surface area contributed by atoms with Gasteiger partial charge in [0.2, 0.25) is 0 Å². The van der Waals surface area contributed by atoms with Crippen molar-refractivity contribution >= 4 is 16.9 Å². The molecule has 0 aliphatic carbocycles. The van der Waals surface area contributed by atoms with Crippen molar-refractivity contribution < 1.29 is 4.39 Å². The first-order valence-corrected chi connectivity index (χ1v) is 7.76. The molecule has 0 radical (unpaired) electrons. The molecule has 1 aliphatic rings. The maximum Gasteiger partial charge on any atom is 0.157 e. The molecule has 104 valence electrons. The molecule has 1 aromatic carbocycles. The van der Waals surface area contributed by atoms with Crippen molar-refractivity contribution in [1.29, 1.82) is 0 Å². The van der Waals surface area contributed by atoms with Crippen molar-refractivity contribution in [2.45, 2.75) is 39.3 Å². The number of nitrogens with zero attached hydrogens (tertiary/aromatic N) is 1. The largest absolute Gasteiger partial charge is 0.358 e. The summed E-state index contributed by atoms with van der Waals surface area (Å²) < 4.78 is 13.7. The minimum atomic E-state index is -0.162. The summed E-state index contributed by atoms with van der Waals surface area (Å²) in [6.07, 6.45) is 1.12. The lowest BCUT2D eigenvalue weighted by Crippen LogP contribution is -2.23. The van der Waals surface area contributed by atoms with Crippen LogP contribution in [-0.2, 0) is 0 Å². The van der Waals surface area contributed by atoms with Gasteiger partial charge < -0.3 is 5.32 Å². The van der Waals surface area contributed by atoms with Crippen LogP contribution in [0, 0.1) is 11.7 Å². The molecule has 0 bridgehead atoms. The SMILES string of the molecule is CC(C)CC1CSC(NC(C)c2ccccc2F)=N1. The van der Waals surface area contributed by atoms with Gasteiger partial charge in [0.25, 0.3) is 0 Å². The van der Waals surface area contributed by atoms with Gasteiger partial charge in [-0.25, -0.2) is 4.39 Å². The predicted octanol–water partition coefficient (Wildman–Crippen LogP) is 3.99. The number of thioether (sulfide) groups is 1. The van der Waals surface area contributed by atoms with Crippen molar-refractivity contribution in [1.82, 2.24) is 5.32 Å². The van der Waals surface area contributed by atoms with Gasteiger partial charge in [-0.3, -0.25) is 4.99 Å². The number of nitrogens with one attached hydrogen (secondary N) is 1. The number of halogens is 1. The Bertz CT molecular complexity index is 459. The second-order valence-electron chi connectivity index (χ2n) is 5.42. The molecule has 2 atom stereocenters. The zero-order valence-electron chi connectivity index (χ0n) is 11.7. The Morgan fingerprint density at radius 2 is 2.11 bits per heavy atom. The molecule has 0 fully saturated rings. The number of amidine groups is 1. The molecule has 0 saturated carbocycles. The van der Waals surface area contributed by atoms with Gasteiger partial charge in [-0.1, -0.05) is 43.8 Å². The Morgan fingerprint density at radius 1 is 1.37 bits per heavy atom. The second kappa shape index (κ2) is 6.42. The van der Waals surface area contributed by atoms with Crippen LogP contribution in [-0.4, -0.2) is 17.0 Å². The fourth-order valence-electron chi connectivity index (χ4n) is 2.25. The Labute approximate surface area is 118 Å². The predicted molar refractivity (Wildman–Crippen MR) is 81.1 cm³/mol. The van der Waals surface area contributed by atoms with Crippen LogP contribution in [0.4, 0.5) is 4.39 Å². The molecule has 1 heterocycles. The maximum atomic E-state index is 13.7. The third-order valence-electron chi connectivity index (χ3n) is 3.17. The quantitative estimate of drug-likeness (QED) is 0.901. The molecule has 0 saturated heterocycles. The Kier molecular flexibility index (Phi) is 4.86. The summed E-state index contributed by atoms with van der Waals surface area (Å²) in [5.74, 6) is 1.53. The van der Waals surface area contributed by atoms with E-state index in [9.17, 15) is 4.39 Å². The fraction of sp³-hybridized carbons (Fsp3) is 0.533. The standard InChI is InChI=1S/C15H21FN2S/c1-10(2)8-12-9-19-15(18-12)17-11(3)13-6-4-5-7-14(13)16/h4-7,10-12H,8-9H2,1-3H3,(H,17,18). The van der Waals surface area contributed by atoms with Crippen LogP contribution in [0.15, 0.2) is 29.3 Å². The molecule has 2 nitrogen and oxygen atoms in total. The van der Waals surface area contributed by atoms with Crippen LogP contribution in [0.5, 0.6) is 0 Å². The van der Waals surface area contributed by atoms with Crippen LogP contribution >= 0.6 is 11.8 Å². The van der Waals surface area contributed by atoms with Gasteiger partial charge in [0, 0.05) is 11.3 Å². The summed E-state index contributed by atoms with van der Waals surface area (Å²) in [5, 5.41) is 4.26. The van der Waals surface area contributed by atoms with Crippen LogP contribution < -0.4 is 5.32 Å². The highest BCUT2D eigenvalue weighted by atomic mass is 32.2. The number of hydrogen-bond donors (Lipinski definition) is 1. The lowest BCUT2D eigenvalue weighted by atomic mass is 10.1. The van der Waals surface area contributed by atoms with Gasteiger partial charge in [-0.15, -0.1) is 0 Å². The van der Waals surface area contributed by atoms with E-state index in [1.165, 1.54) is 6.07 Å². The van der Waals surface area contributed by atoms with Crippen LogP contribution in [0.1, 0.15) is 38.8 Å². The van der Waals surface area contributed by atoms with Gasteiger partial charge in [0.05, 0.1) is 12.1 Å². The molecule has 2 rings (SSSR count). The first-order chi connectivity index (χ1) is 9.06. The molecule has 0 amide bonds. The molecule has 2 unspecified atom stereocenters. The van der Waals surface area contributed by atoms with Crippen molar-refractivity contribution in [3.63, 3.8) is 0 Å². The molecule has 4 heteroatoms. The zero-order chi connectivity index (χ0) is 13.8. The minimum absolute atomic E-state index is 0.0507. The van der Waals surface area contributed by atoms with Crippen molar-refractivity contribution in [3.8, 4) is 0 Å². The average Bonchev–Trinajstić information content (AvgIpc) is 2.76. The molecular formula is C15H21FN2S. The highest BCUT2D eigenvalue weighted by Gasteiger charge is 2.21. The van der Waals surface area contributed by atoms with E-state index in [0.29, 0.717) is 17.5 Å². The third-order valence-corrected chi connectivity index (χ3v) is 4.22. The summed E-state index contributed by atoms with van der Waals surface area (Å²) in [6.45, 7) is 6.40. The monoisotopic (exact) mass is 280 g/mol. The minimum Gasteiger partial charge on any atom is -0.358 e. The van der Waals surface area contributed by atoms with E-state index in [2.05, 4.69) is 24.2 Å². The highest BCUT2D eigenvalue weighted by molar-refractivity contribution is 8.14. The van der Waals surface area contributed by atoms with Crippen molar-refractivity contribution in [2.24, 2.45) is 10.9 Å². The number of rotatable bonds is 4. The number of aliphatic imine (C=N–C) groups is 1. The number of benzene rings is 1. The molecular weight excluding hydrogens is 259 g/mol. The molecule has 19 heavy (non-hydrogen) atoms. The summed E-state index contributed by atoms with van der Waals surface area (Å²) in [6, 6.07) is 7.25. The topological polar surface area (TPSA) is 24.4 Å². The number of hydrogen-bond acceptors (Lipinski definition) is 3. The summed E-state index contributed by atoms with van der Waals surface area (Å²) in [5.41, 5.74) is 0.693. The summed E-state index contributed by atoms with van der Waals surface area (Å²) in [7, 11) is 0. The summed E-state index contributed by atoms with van der Waals surface area (Å²) >= 11 is 1.74. The fourth-order valence-corrected chi connectivity index (χ4v) is 3.29. The summed E-state index contributed by atoms with van der Waals surface area (Å²) in [4.78, 5) is 4.67. The van der Waals surface area contributed by atoms with E-state index in [1.807, 2.05) is 19.1 Å². The van der Waals surface area contributed by atoms with E-state index in [-0.39, 0.29) is 11.9 Å². The molecule has 0 spiro atoms. The van der Waals surface area contributed by atoms with Crippen LogP contribution in [0.25, 0.3) is 0 Å². The van der Waals surface area contributed by atoms with E-state index in [1.54, 1.807) is 17.8 Å². The molecule has 1 N–H and O–H groups in total. The van der Waals surface area contributed by atoms with Gasteiger partial charge in [0.1, 0.15) is 5.82 Å². The van der Waals surface area contributed by atoms with Gasteiger partial charge in [-0.2, -0.15) is 0 Å². The second-order valence-corrected chi connectivity index (χ2v) is 6.42. The Hall–Kier alpha value is -1.03. The van der Waals surface area contributed by atoms with Crippen molar-refractivity contribution in [2.75, 3.05) is 5.75 Å². The first-order valence-electron chi connectivity index (χ1n) is 6.78. The van der Waals surface area contributed by atoms with E-state index in [4.69, 9.17) is 0 Å². The highest BCUT2D eigenvalue weighted by Crippen LogP contribution is 2.24. The lowest BCUT2D eigenvalue weighted by Gasteiger charge is -2.15. The van der Waals surface area contributed by atoms with E-state index >= 15 is 0 Å². The van der Waals surface area contributed by atoms with Crippen LogP contribution in [0.2, 0.25) is 0 Å². The van der Waals surface area contributed by atoms with Crippen molar-refractivity contribution in [3.05, 3.63) is 35.6 Å². The van der Waals surface area contributed by atoms with E-state index < -0.39 is 0 Å². The average molecular weight is 280 g/mol. The van der Waals surface area contributed by atoms with E-state index in [0.717, 1.165) is 17.3 Å².